The minimum Gasteiger partial charge on any atom is -0.465 e. The third-order valence-electron chi connectivity index (χ3n) is 4.28. The molecule has 2 unspecified atom stereocenters. The van der Waals surface area contributed by atoms with Gasteiger partial charge in [0.25, 0.3) is 0 Å². The maximum atomic E-state index is 10.4. The highest BCUT2D eigenvalue weighted by atomic mass is 16.6. The second-order valence-electron chi connectivity index (χ2n) is 6.02. The summed E-state index contributed by atoms with van der Waals surface area (Å²) in [6, 6.07) is -0.382. The van der Waals surface area contributed by atoms with Crippen molar-refractivity contribution in [3.05, 3.63) is 47.8 Å². The van der Waals surface area contributed by atoms with E-state index in [2.05, 4.69) is 11.0 Å². The van der Waals surface area contributed by atoms with Crippen LogP contribution in [0, 0.1) is 0 Å². The Balaban J connectivity index is 1.58. The van der Waals surface area contributed by atoms with Crippen LogP contribution in [0.1, 0.15) is 25.7 Å². The summed E-state index contributed by atoms with van der Waals surface area (Å²) in [6.07, 6.45) is 12.6. The number of likely N-dealkylation sites (tertiary alicyclic amines) is 1. The first-order valence-electron chi connectivity index (χ1n) is 7.99. The van der Waals surface area contributed by atoms with Crippen molar-refractivity contribution in [2.75, 3.05) is 19.6 Å². The SMILES string of the molecule is NC(CN1CCCC1)C(O)C1=COC=C(C2=CC=CCC2)O1. The van der Waals surface area contributed by atoms with Gasteiger partial charge >= 0.3 is 0 Å². The Labute approximate surface area is 131 Å². The molecule has 120 valence electrons. The second-order valence-corrected chi connectivity index (χ2v) is 6.02. The van der Waals surface area contributed by atoms with Crippen molar-refractivity contribution in [3.63, 3.8) is 0 Å². The Kier molecular flexibility index (Phi) is 4.97. The molecule has 0 saturated carbocycles. The standard InChI is InChI=1S/C17H24N2O3/c18-14(10-19-8-4-5-9-19)17(20)16-12-21-11-15(22-16)13-6-2-1-3-7-13/h1-2,6,11-12,14,17,20H,3-5,7-10,18H2. The van der Waals surface area contributed by atoms with Crippen LogP contribution in [0.5, 0.6) is 0 Å². The van der Waals surface area contributed by atoms with Crippen LogP contribution in [0.3, 0.4) is 0 Å². The molecule has 0 spiro atoms. The zero-order chi connectivity index (χ0) is 15.4. The molecule has 0 amide bonds. The molecule has 0 aromatic carbocycles. The number of ether oxygens (including phenoxy) is 2. The van der Waals surface area contributed by atoms with Crippen LogP contribution in [0.4, 0.5) is 0 Å². The van der Waals surface area contributed by atoms with E-state index in [9.17, 15) is 5.11 Å². The maximum absolute atomic E-state index is 10.4. The predicted molar refractivity (Wildman–Crippen MR) is 84.4 cm³/mol. The Morgan fingerprint density at radius 3 is 2.82 bits per heavy atom. The van der Waals surface area contributed by atoms with E-state index in [1.54, 1.807) is 6.26 Å². The molecule has 2 aliphatic heterocycles. The normalized spacial score (nSPS) is 24.7. The second kappa shape index (κ2) is 7.13. The summed E-state index contributed by atoms with van der Waals surface area (Å²) in [5.74, 6) is 1.05. The number of hydrogen-bond donors (Lipinski definition) is 2. The molecular formula is C17H24N2O3. The van der Waals surface area contributed by atoms with Crippen molar-refractivity contribution in [1.82, 2.24) is 4.90 Å². The molecule has 0 aromatic rings. The quantitative estimate of drug-likeness (QED) is 0.810. The van der Waals surface area contributed by atoms with Crippen molar-refractivity contribution >= 4 is 0 Å². The van der Waals surface area contributed by atoms with Gasteiger partial charge in [-0.1, -0.05) is 18.2 Å². The molecule has 0 radical (unpaired) electrons. The van der Waals surface area contributed by atoms with E-state index in [0.717, 1.165) is 31.5 Å². The van der Waals surface area contributed by atoms with Gasteiger partial charge in [0.15, 0.2) is 11.5 Å². The molecule has 3 N–H and O–H groups in total. The molecule has 1 saturated heterocycles. The first-order valence-corrected chi connectivity index (χ1v) is 7.99. The van der Waals surface area contributed by atoms with Crippen molar-refractivity contribution in [3.8, 4) is 0 Å². The third-order valence-corrected chi connectivity index (χ3v) is 4.28. The van der Waals surface area contributed by atoms with Crippen molar-refractivity contribution in [2.45, 2.75) is 37.8 Å². The molecule has 0 bridgehead atoms. The molecule has 1 aliphatic carbocycles. The van der Waals surface area contributed by atoms with E-state index in [1.165, 1.54) is 19.1 Å². The van der Waals surface area contributed by atoms with Gasteiger partial charge in [0.2, 0.25) is 0 Å². The average molecular weight is 304 g/mol. The predicted octanol–water partition coefficient (Wildman–Crippen LogP) is 1.78. The lowest BCUT2D eigenvalue weighted by atomic mass is 10.0. The van der Waals surface area contributed by atoms with Crippen LogP contribution in [-0.2, 0) is 9.47 Å². The summed E-state index contributed by atoms with van der Waals surface area (Å²) < 4.78 is 11.2. The molecule has 2 heterocycles. The summed E-state index contributed by atoms with van der Waals surface area (Å²) in [7, 11) is 0. The molecule has 3 rings (SSSR count). The first-order chi connectivity index (χ1) is 10.7. The van der Waals surface area contributed by atoms with Gasteiger partial charge in [-0.15, -0.1) is 0 Å². The lowest BCUT2D eigenvalue weighted by molar-refractivity contribution is 0.0834. The number of aliphatic hydroxyl groups excluding tert-OH is 1. The lowest BCUT2D eigenvalue weighted by Crippen LogP contribution is -2.45. The fourth-order valence-electron chi connectivity index (χ4n) is 2.99. The lowest BCUT2D eigenvalue weighted by Gasteiger charge is -2.27. The molecule has 2 atom stereocenters. The number of nitrogens with zero attached hydrogens (tertiary/aromatic N) is 1. The van der Waals surface area contributed by atoms with Crippen LogP contribution in [0.25, 0.3) is 0 Å². The van der Waals surface area contributed by atoms with Gasteiger partial charge in [-0.3, -0.25) is 0 Å². The van der Waals surface area contributed by atoms with Gasteiger partial charge in [0, 0.05) is 6.54 Å². The fourth-order valence-corrected chi connectivity index (χ4v) is 2.99. The van der Waals surface area contributed by atoms with Crippen LogP contribution in [-0.4, -0.2) is 41.8 Å². The van der Waals surface area contributed by atoms with Gasteiger partial charge in [0.05, 0.1) is 6.04 Å². The number of hydrogen-bond acceptors (Lipinski definition) is 5. The first kappa shape index (κ1) is 15.3. The summed E-state index contributed by atoms with van der Waals surface area (Å²) in [6.45, 7) is 2.79. The molecule has 22 heavy (non-hydrogen) atoms. The average Bonchev–Trinajstić information content (AvgIpc) is 3.08. The summed E-state index contributed by atoms with van der Waals surface area (Å²) in [5, 5.41) is 10.4. The van der Waals surface area contributed by atoms with E-state index >= 15 is 0 Å². The third kappa shape index (κ3) is 3.61. The maximum Gasteiger partial charge on any atom is 0.169 e. The molecule has 5 heteroatoms. The van der Waals surface area contributed by atoms with Gasteiger partial charge < -0.3 is 25.2 Å². The largest absolute Gasteiger partial charge is 0.465 e. The number of nitrogens with two attached hydrogens (primary N) is 1. The van der Waals surface area contributed by atoms with Crippen molar-refractivity contribution in [1.29, 1.82) is 0 Å². The number of rotatable bonds is 5. The monoisotopic (exact) mass is 304 g/mol. The zero-order valence-corrected chi connectivity index (χ0v) is 12.8. The molecule has 1 fully saturated rings. The Bertz CT molecular complexity index is 516. The van der Waals surface area contributed by atoms with Gasteiger partial charge in [-0.05, 0) is 44.3 Å². The van der Waals surface area contributed by atoms with E-state index in [-0.39, 0.29) is 6.04 Å². The van der Waals surface area contributed by atoms with Crippen molar-refractivity contribution < 1.29 is 14.6 Å². The fraction of sp³-hybridized carbons (Fsp3) is 0.529. The van der Waals surface area contributed by atoms with E-state index in [1.807, 2.05) is 12.2 Å². The molecule has 3 aliphatic rings. The van der Waals surface area contributed by atoms with E-state index in [4.69, 9.17) is 15.2 Å². The number of aliphatic hydroxyl groups is 1. The molecule has 5 nitrogen and oxygen atoms in total. The summed E-state index contributed by atoms with van der Waals surface area (Å²) >= 11 is 0. The Hall–Kier alpha value is -1.56. The minimum atomic E-state index is -0.857. The summed E-state index contributed by atoms with van der Waals surface area (Å²) in [5.41, 5.74) is 7.22. The summed E-state index contributed by atoms with van der Waals surface area (Å²) in [4.78, 5) is 2.28. The smallest absolute Gasteiger partial charge is 0.169 e. The topological polar surface area (TPSA) is 68.0 Å². The van der Waals surface area contributed by atoms with Crippen molar-refractivity contribution in [2.24, 2.45) is 5.73 Å². The van der Waals surface area contributed by atoms with Gasteiger partial charge in [-0.25, -0.2) is 0 Å². The van der Waals surface area contributed by atoms with E-state index in [0.29, 0.717) is 18.1 Å². The minimum absolute atomic E-state index is 0.382. The Morgan fingerprint density at radius 2 is 2.09 bits per heavy atom. The van der Waals surface area contributed by atoms with Gasteiger partial charge in [0.1, 0.15) is 18.6 Å². The highest BCUT2D eigenvalue weighted by molar-refractivity contribution is 5.33. The highest BCUT2D eigenvalue weighted by Gasteiger charge is 2.27. The van der Waals surface area contributed by atoms with E-state index < -0.39 is 6.10 Å². The van der Waals surface area contributed by atoms with Gasteiger partial charge in [-0.2, -0.15) is 0 Å². The van der Waals surface area contributed by atoms with Crippen LogP contribution in [0.2, 0.25) is 0 Å². The van der Waals surface area contributed by atoms with Crippen LogP contribution >= 0.6 is 0 Å². The molecular weight excluding hydrogens is 280 g/mol. The van der Waals surface area contributed by atoms with Crippen LogP contribution < -0.4 is 5.73 Å². The zero-order valence-electron chi connectivity index (χ0n) is 12.8. The Morgan fingerprint density at radius 1 is 1.27 bits per heavy atom. The molecule has 0 aromatic heterocycles. The van der Waals surface area contributed by atoms with Crippen LogP contribution in [0.15, 0.2) is 47.8 Å². The number of allylic oxidation sites excluding steroid dienone is 4. The highest BCUT2D eigenvalue weighted by Crippen LogP contribution is 2.27.